The molecule has 0 radical (unpaired) electrons. The van der Waals surface area contributed by atoms with E-state index in [0.29, 0.717) is 18.1 Å². The third-order valence-electron chi connectivity index (χ3n) is 4.34. The van der Waals surface area contributed by atoms with Crippen LogP contribution in [0.4, 0.5) is 0 Å². The van der Waals surface area contributed by atoms with Crippen molar-refractivity contribution in [3.05, 3.63) is 41.7 Å². The zero-order valence-corrected chi connectivity index (χ0v) is 16.7. The van der Waals surface area contributed by atoms with Crippen molar-refractivity contribution in [2.24, 2.45) is 0 Å². The van der Waals surface area contributed by atoms with Crippen LogP contribution < -0.4 is 9.47 Å². The molecule has 0 spiro atoms. The van der Waals surface area contributed by atoms with E-state index in [9.17, 15) is 9.59 Å². The number of benzene rings is 1. The number of ketones is 1. The van der Waals surface area contributed by atoms with Crippen LogP contribution in [0.1, 0.15) is 45.1 Å². The predicted octanol–water partition coefficient (Wildman–Crippen LogP) is 4.08. The molecule has 6 heteroatoms. The van der Waals surface area contributed by atoms with Gasteiger partial charge < -0.3 is 18.9 Å². The number of ether oxygens (including phenoxy) is 4. The van der Waals surface area contributed by atoms with Gasteiger partial charge in [-0.1, -0.05) is 12.1 Å². The first-order valence-corrected chi connectivity index (χ1v) is 9.65. The fourth-order valence-corrected chi connectivity index (χ4v) is 2.92. The minimum atomic E-state index is -0.703. The van der Waals surface area contributed by atoms with E-state index in [-0.39, 0.29) is 18.3 Å². The van der Waals surface area contributed by atoms with Gasteiger partial charge in [0.25, 0.3) is 0 Å². The number of hydrogen-bond donors (Lipinski definition) is 0. The number of rotatable bonds is 10. The summed E-state index contributed by atoms with van der Waals surface area (Å²) in [7, 11) is 1.60. The first-order chi connectivity index (χ1) is 13.6. The molecule has 0 bridgehead atoms. The van der Waals surface area contributed by atoms with E-state index in [2.05, 4.69) is 0 Å². The molecule has 1 aromatic carbocycles. The molecule has 2 rings (SSSR count). The van der Waals surface area contributed by atoms with Crippen LogP contribution in [0.15, 0.2) is 36.1 Å². The smallest absolute Gasteiger partial charge is 0.345 e. The van der Waals surface area contributed by atoms with Crippen molar-refractivity contribution in [2.75, 3.05) is 20.3 Å². The minimum absolute atomic E-state index is 0.143. The Bertz CT molecular complexity index is 729. The molecule has 1 fully saturated rings. The summed E-state index contributed by atoms with van der Waals surface area (Å²) < 4.78 is 21.5. The van der Waals surface area contributed by atoms with Gasteiger partial charge in [-0.15, -0.1) is 0 Å². The number of methoxy groups -OCH3 is 1. The standard InChI is InChI=1S/C22H28O6/c1-4-26-15-18(22(24)27-5-2)19(23)12-10-16-11-13-20(25-3)21(14-16)28-17-8-6-7-9-17/h10-15,17H,4-9H2,1-3H3/b12-10+,18-15-. The predicted molar refractivity (Wildman–Crippen MR) is 106 cm³/mol. The Labute approximate surface area is 166 Å². The van der Waals surface area contributed by atoms with Gasteiger partial charge in [0.2, 0.25) is 0 Å². The number of esters is 1. The van der Waals surface area contributed by atoms with Gasteiger partial charge >= 0.3 is 5.97 Å². The molecular formula is C22H28O6. The topological polar surface area (TPSA) is 71.1 Å². The fraction of sp³-hybridized carbons (Fsp3) is 0.455. The summed E-state index contributed by atoms with van der Waals surface area (Å²) in [5.74, 6) is 0.116. The van der Waals surface area contributed by atoms with Crippen LogP contribution in [0, 0.1) is 0 Å². The average Bonchev–Trinajstić information content (AvgIpc) is 3.20. The van der Waals surface area contributed by atoms with Crippen LogP contribution >= 0.6 is 0 Å². The molecule has 28 heavy (non-hydrogen) atoms. The van der Waals surface area contributed by atoms with Gasteiger partial charge in [-0.25, -0.2) is 4.79 Å². The van der Waals surface area contributed by atoms with Crippen molar-refractivity contribution in [3.8, 4) is 11.5 Å². The zero-order valence-electron chi connectivity index (χ0n) is 16.7. The van der Waals surface area contributed by atoms with Gasteiger partial charge in [0.15, 0.2) is 17.3 Å². The second-order valence-electron chi connectivity index (χ2n) is 6.34. The second-order valence-corrected chi connectivity index (χ2v) is 6.34. The summed E-state index contributed by atoms with van der Waals surface area (Å²) in [6.07, 6.45) is 8.70. The highest BCUT2D eigenvalue weighted by atomic mass is 16.5. The van der Waals surface area contributed by atoms with Gasteiger partial charge in [0.1, 0.15) is 11.8 Å². The lowest BCUT2D eigenvalue weighted by Crippen LogP contribution is -2.15. The molecule has 1 aliphatic rings. The molecule has 0 N–H and O–H groups in total. The van der Waals surface area contributed by atoms with E-state index in [1.165, 1.54) is 18.9 Å². The molecule has 1 saturated carbocycles. The van der Waals surface area contributed by atoms with Gasteiger partial charge in [-0.2, -0.15) is 0 Å². The summed E-state index contributed by atoms with van der Waals surface area (Å²) in [4.78, 5) is 24.4. The number of hydrogen-bond acceptors (Lipinski definition) is 6. The Hall–Kier alpha value is -2.76. The van der Waals surface area contributed by atoms with Crippen LogP contribution in [0.5, 0.6) is 11.5 Å². The van der Waals surface area contributed by atoms with E-state index < -0.39 is 11.8 Å². The number of carbonyl (C=O) groups excluding carboxylic acids is 2. The summed E-state index contributed by atoms with van der Waals surface area (Å²) in [6, 6.07) is 5.45. The molecule has 152 valence electrons. The highest BCUT2D eigenvalue weighted by Gasteiger charge is 2.19. The van der Waals surface area contributed by atoms with Crippen molar-refractivity contribution in [1.29, 1.82) is 0 Å². The average molecular weight is 388 g/mol. The van der Waals surface area contributed by atoms with E-state index >= 15 is 0 Å². The summed E-state index contributed by atoms with van der Waals surface area (Å²) in [5.41, 5.74) is 0.623. The lowest BCUT2D eigenvalue weighted by Gasteiger charge is -2.16. The van der Waals surface area contributed by atoms with E-state index in [0.717, 1.165) is 24.7 Å². The van der Waals surface area contributed by atoms with E-state index in [1.807, 2.05) is 12.1 Å². The van der Waals surface area contributed by atoms with Crippen molar-refractivity contribution in [3.63, 3.8) is 0 Å². The Kier molecular flexibility index (Phi) is 8.59. The maximum absolute atomic E-state index is 12.4. The Balaban J connectivity index is 2.16. The molecule has 0 aliphatic heterocycles. The summed E-state index contributed by atoms with van der Waals surface area (Å²) in [6.45, 7) is 3.97. The van der Waals surface area contributed by atoms with Crippen molar-refractivity contribution >= 4 is 17.8 Å². The van der Waals surface area contributed by atoms with Crippen molar-refractivity contribution < 1.29 is 28.5 Å². The van der Waals surface area contributed by atoms with Crippen LogP contribution in [0.2, 0.25) is 0 Å². The third kappa shape index (κ3) is 6.15. The van der Waals surface area contributed by atoms with Crippen LogP contribution in [-0.2, 0) is 19.1 Å². The number of carbonyl (C=O) groups is 2. The van der Waals surface area contributed by atoms with Crippen LogP contribution in [0.3, 0.4) is 0 Å². The van der Waals surface area contributed by atoms with Gasteiger partial charge in [-0.05, 0) is 63.3 Å². The van der Waals surface area contributed by atoms with Crippen LogP contribution in [-0.4, -0.2) is 38.2 Å². The Morgan fingerprint density at radius 1 is 1.11 bits per heavy atom. The molecule has 0 heterocycles. The first-order valence-electron chi connectivity index (χ1n) is 9.65. The van der Waals surface area contributed by atoms with E-state index in [4.69, 9.17) is 18.9 Å². The van der Waals surface area contributed by atoms with E-state index in [1.54, 1.807) is 33.1 Å². The molecule has 1 aromatic rings. The maximum Gasteiger partial charge on any atom is 0.345 e. The third-order valence-corrected chi connectivity index (χ3v) is 4.34. The van der Waals surface area contributed by atoms with Crippen molar-refractivity contribution in [1.82, 2.24) is 0 Å². The highest BCUT2D eigenvalue weighted by molar-refractivity contribution is 6.22. The van der Waals surface area contributed by atoms with Crippen molar-refractivity contribution in [2.45, 2.75) is 45.6 Å². The lowest BCUT2D eigenvalue weighted by atomic mass is 10.1. The molecule has 0 aromatic heterocycles. The maximum atomic E-state index is 12.4. The summed E-state index contributed by atoms with van der Waals surface area (Å²) >= 11 is 0. The fourth-order valence-electron chi connectivity index (χ4n) is 2.92. The molecule has 0 atom stereocenters. The molecular weight excluding hydrogens is 360 g/mol. The largest absolute Gasteiger partial charge is 0.500 e. The Morgan fingerprint density at radius 2 is 1.86 bits per heavy atom. The zero-order chi connectivity index (χ0) is 20.4. The second kappa shape index (κ2) is 11.2. The van der Waals surface area contributed by atoms with Gasteiger partial charge in [-0.3, -0.25) is 4.79 Å². The highest BCUT2D eigenvalue weighted by Crippen LogP contribution is 2.32. The molecule has 1 aliphatic carbocycles. The van der Waals surface area contributed by atoms with Crippen LogP contribution in [0.25, 0.3) is 6.08 Å². The molecule has 0 unspecified atom stereocenters. The number of allylic oxidation sites excluding steroid dienone is 1. The lowest BCUT2D eigenvalue weighted by molar-refractivity contribution is -0.139. The first kappa shape index (κ1) is 21.5. The van der Waals surface area contributed by atoms with Gasteiger partial charge in [0, 0.05) is 0 Å². The SMILES string of the molecule is CCO/C=C(/C(=O)/C=C/c1ccc(OC)c(OC2CCCC2)c1)C(=O)OCC. The minimum Gasteiger partial charge on any atom is -0.500 e. The van der Waals surface area contributed by atoms with Gasteiger partial charge in [0.05, 0.1) is 26.4 Å². The Morgan fingerprint density at radius 3 is 2.50 bits per heavy atom. The molecule has 0 amide bonds. The summed E-state index contributed by atoms with van der Waals surface area (Å²) in [5, 5.41) is 0. The monoisotopic (exact) mass is 388 g/mol. The quantitative estimate of drug-likeness (QED) is 0.198. The molecule has 6 nitrogen and oxygen atoms in total. The normalized spacial score (nSPS) is 14.9. The molecule has 0 saturated heterocycles.